The Morgan fingerprint density at radius 3 is 2.46 bits per heavy atom. The Morgan fingerprint density at radius 2 is 1.85 bits per heavy atom. The van der Waals surface area contributed by atoms with Gasteiger partial charge in [0.1, 0.15) is 12.2 Å². The fraction of sp³-hybridized carbons (Fsp3) is 1.00. The maximum atomic E-state index is 9.62. The second-order valence-corrected chi connectivity index (χ2v) is 3.65. The molecule has 0 aromatic carbocycles. The first-order chi connectivity index (χ1) is 6.15. The zero-order valence-electron chi connectivity index (χ0n) is 7.33. The van der Waals surface area contributed by atoms with Crippen molar-refractivity contribution in [1.29, 1.82) is 0 Å². The molecule has 6 atom stereocenters. The van der Waals surface area contributed by atoms with Crippen molar-refractivity contribution in [3.8, 4) is 0 Å². The van der Waals surface area contributed by atoms with Crippen LogP contribution < -0.4 is 0 Å². The van der Waals surface area contributed by atoms with Crippen LogP contribution >= 0.6 is 0 Å². The van der Waals surface area contributed by atoms with E-state index in [1.54, 1.807) is 0 Å². The molecule has 1 aliphatic heterocycles. The average Bonchev–Trinajstić information content (AvgIpc) is 2.37. The minimum Gasteiger partial charge on any atom is -0.390 e. The van der Waals surface area contributed by atoms with Crippen LogP contribution in [0, 0.1) is 5.92 Å². The van der Waals surface area contributed by atoms with Crippen LogP contribution in [0.5, 0.6) is 0 Å². The molecular formula is C8H14O5. The topological polar surface area (TPSA) is 79.2 Å². The van der Waals surface area contributed by atoms with Crippen molar-refractivity contribution in [2.24, 2.45) is 5.92 Å². The molecule has 1 aliphatic carbocycles. The van der Waals surface area contributed by atoms with E-state index in [0.717, 1.165) is 0 Å². The number of methoxy groups -OCH3 is 1. The molecule has 1 heterocycles. The van der Waals surface area contributed by atoms with Gasteiger partial charge in [0.05, 0.1) is 12.2 Å². The Kier molecular flexibility index (Phi) is 2.29. The minimum absolute atomic E-state index is 0.335. The molecule has 2 bridgehead atoms. The molecule has 0 amide bonds. The molecule has 5 nitrogen and oxygen atoms in total. The van der Waals surface area contributed by atoms with Crippen LogP contribution in [-0.4, -0.2) is 53.1 Å². The molecule has 6 unspecified atom stereocenters. The Balaban J connectivity index is 2.16. The third kappa shape index (κ3) is 1.28. The number of ether oxygens (including phenoxy) is 2. The van der Waals surface area contributed by atoms with Crippen LogP contribution in [0.15, 0.2) is 0 Å². The molecule has 0 spiro atoms. The van der Waals surface area contributed by atoms with Gasteiger partial charge in [0.15, 0.2) is 6.29 Å². The van der Waals surface area contributed by atoms with E-state index in [4.69, 9.17) is 9.47 Å². The van der Waals surface area contributed by atoms with Crippen LogP contribution in [0.1, 0.15) is 6.42 Å². The van der Waals surface area contributed by atoms with Gasteiger partial charge in [0.2, 0.25) is 0 Å². The van der Waals surface area contributed by atoms with Crippen LogP contribution in [0.25, 0.3) is 0 Å². The molecule has 5 heteroatoms. The Hall–Kier alpha value is -0.200. The van der Waals surface area contributed by atoms with Gasteiger partial charge < -0.3 is 24.8 Å². The lowest BCUT2D eigenvalue weighted by atomic mass is 9.96. The van der Waals surface area contributed by atoms with E-state index in [-0.39, 0.29) is 5.92 Å². The Bertz CT molecular complexity index is 197. The minimum atomic E-state index is -0.903. The molecule has 1 saturated heterocycles. The van der Waals surface area contributed by atoms with E-state index in [1.807, 2.05) is 0 Å². The standard InChI is InChI=1S/C8H14O5/c1-12-8-6(10)3-2-4(13-8)7(11)5(3)9/h3-11H,2H2,1H3. The van der Waals surface area contributed by atoms with E-state index in [9.17, 15) is 15.3 Å². The van der Waals surface area contributed by atoms with E-state index in [0.29, 0.717) is 6.42 Å². The normalized spacial score (nSPS) is 55.4. The number of fused-ring (bicyclic) bond motifs is 2. The second-order valence-electron chi connectivity index (χ2n) is 3.65. The lowest BCUT2D eigenvalue weighted by Crippen LogP contribution is -2.43. The maximum Gasteiger partial charge on any atom is 0.183 e. The maximum absolute atomic E-state index is 9.62. The molecule has 0 radical (unpaired) electrons. The first-order valence-electron chi connectivity index (χ1n) is 4.37. The molecule has 2 rings (SSSR count). The molecule has 13 heavy (non-hydrogen) atoms. The zero-order chi connectivity index (χ0) is 9.59. The molecular weight excluding hydrogens is 176 g/mol. The average molecular weight is 190 g/mol. The van der Waals surface area contributed by atoms with Gasteiger partial charge in [-0.15, -0.1) is 0 Å². The van der Waals surface area contributed by atoms with Gasteiger partial charge in [0, 0.05) is 13.0 Å². The van der Waals surface area contributed by atoms with Gasteiger partial charge in [-0.1, -0.05) is 0 Å². The van der Waals surface area contributed by atoms with E-state index < -0.39 is 30.7 Å². The molecule has 2 fully saturated rings. The fourth-order valence-corrected chi connectivity index (χ4v) is 2.15. The van der Waals surface area contributed by atoms with Gasteiger partial charge in [-0.25, -0.2) is 0 Å². The van der Waals surface area contributed by atoms with E-state index in [2.05, 4.69) is 0 Å². The summed E-state index contributed by atoms with van der Waals surface area (Å²) >= 11 is 0. The van der Waals surface area contributed by atoms with E-state index in [1.165, 1.54) is 7.11 Å². The SMILES string of the molecule is COC1OC2CC(C1O)C(O)C2O. The molecule has 3 N–H and O–H groups in total. The van der Waals surface area contributed by atoms with Crippen molar-refractivity contribution < 1.29 is 24.8 Å². The first-order valence-corrected chi connectivity index (χ1v) is 4.37. The van der Waals surface area contributed by atoms with Crippen LogP contribution in [0.4, 0.5) is 0 Å². The summed E-state index contributed by atoms with van der Waals surface area (Å²) in [6, 6.07) is 0. The predicted octanol–water partition coefficient (Wildman–Crippen LogP) is -1.54. The summed E-state index contributed by atoms with van der Waals surface area (Å²) in [7, 11) is 1.43. The van der Waals surface area contributed by atoms with Crippen molar-refractivity contribution in [2.75, 3.05) is 7.11 Å². The van der Waals surface area contributed by atoms with Gasteiger partial charge in [-0.05, 0) is 6.42 Å². The number of hydrogen-bond donors (Lipinski definition) is 3. The highest BCUT2D eigenvalue weighted by Gasteiger charge is 2.52. The molecule has 1 saturated carbocycles. The highest BCUT2D eigenvalue weighted by atomic mass is 16.7. The number of aliphatic hydroxyl groups excluding tert-OH is 3. The van der Waals surface area contributed by atoms with E-state index >= 15 is 0 Å². The summed E-state index contributed by atoms with van der Waals surface area (Å²) in [6.07, 6.45) is -3.30. The number of rotatable bonds is 1. The largest absolute Gasteiger partial charge is 0.390 e. The molecule has 76 valence electrons. The summed E-state index contributed by atoms with van der Waals surface area (Å²) in [4.78, 5) is 0. The van der Waals surface area contributed by atoms with Gasteiger partial charge >= 0.3 is 0 Å². The van der Waals surface area contributed by atoms with Gasteiger partial charge in [0.25, 0.3) is 0 Å². The highest BCUT2D eigenvalue weighted by Crippen LogP contribution is 2.38. The molecule has 2 aliphatic rings. The van der Waals surface area contributed by atoms with Crippen molar-refractivity contribution in [3.05, 3.63) is 0 Å². The lowest BCUT2D eigenvalue weighted by molar-refractivity contribution is -0.237. The van der Waals surface area contributed by atoms with Crippen molar-refractivity contribution in [2.45, 2.75) is 37.1 Å². The summed E-state index contributed by atoms with van der Waals surface area (Å²) in [5.41, 5.74) is 0. The summed E-state index contributed by atoms with van der Waals surface area (Å²) in [5.74, 6) is -0.335. The monoisotopic (exact) mass is 190 g/mol. The van der Waals surface area contributed by atoms with Gasteiger partial charge in [-0.3, -0.25) is 0 Å². The molecule has 0 aromatic heterocycles. The Morgan fingerprint density at radius 1 is 1.15 bits per heavy atom. The van der Waals surface area contributed by atoms with Gasteiger partial charge in [-0.2, -0.15) is 0 Å². The highest BCUT2D eigenvalue weighted by molar-refractivity contribution is 4.99. The number of aliphatic hydroxyl groups is 3. The quantitative estimate of drug-likeness (QED) is 0.467. The predicted molar refractivity (Wildman–Crippen MR) is 41.8 cm³/mol. The summed E-state index contributed by atoms with van der Waals surface area (Å²) < 4.78 is 10.1. The van der Waals surface area contributed by atoms with Crippen molar-refractivity contribution in [3.63, 3.8) is 0 Å². The zero-order valence-corrected chi connectivity index (χ0v) is 7.33. The fourth-order valence-electron chi connectivity index (χ4n) is 2.15. The summed E-state index contributed by atoms with van der Waals surface area (Å²) in [5, 5.41) is 28.6. The number of hydrogen-bond acceptors (Lipinski definition) is 5. The molecule has 0 aromatic rings. The lowest BCUT2D eigenvalue weighted by Gasteiger charge is -2.32. The van der Waals surface area contributed by atoms with Crippen LogP contribution in [0.2, 0.25) is 0 Å². The summed E-state index contributed by atoms with van der Waals surface area (Å²) in [6.45, 7) is 0. The van der Waals surface area contributed by atoms with Crippen molar-refractivity contribution >= 4 is 0 Å². The Labute approximate surface area is 75.9 Å². The third-order valence-electron chi connectivity index (χ3n) is 2.93. The smallest absolute Gasteiger partial charge is 0.183 e. The second kappa shape index (κ2) is 3.18. The third-order valence-corrected chi connectivity index (χ3v) is 2.93. The van der Waals surface area contributed by atoms with Crippen molar-refractivity contribution in [1.82, 2.24) is 0 Å². The van der Waals surface area contributed by atoms with Crippen LogP contribution in [0.3, 0.4) is 0 Å². The first kappa shape index (κ1) is 9.36. The van der Waals surface area contributed by atoms with Crippen LogP contribution in [-0.2, 0) is 9.47 Å².